The molecule has 1 aromatic heterocycles. The molecule has 0 aliphatic heterocycles. The summed E-state index contributed by atoms with van der Waals surface area (Å²) in [6.07, 6.45) is 0. The van der Waals surface area contributed by atoms with E-state index in [2.05, 4.69) is 46.9 Å². The van der Waals surface area contributed by atoms with Gasteiger partial charge in [-0.25, -0.2) is 4.79 Å². The van der Waals surface area contributed by atoms with Crippen LogP contribution in [0.2, 0.25) is 0 Å². The lowest BCUT2D eigenvalue weighted by molar-refractivity contribution is 0.0962. The van der Waals surface area contributed by atoms with Crippen LogP contribution in [0.4, 0.5) is 16.3 Å². The first-order valence-electron chi connectivity index (χ1n) is 9.48. The summed E-state index contributed by atoms with van der Waals surface area (Å²) in [7, 11) is 1.58. The van der Waals surface area contributed by atoms with Gasteiger partial charge in [0.05, 0.1) is 0 Å². The Morgan fingerprint density at radius 1 is 0.967 bits per heavy atom. The number of nitrogens with one attached hydrogen (secondary N) is 4. The summed E-state index contributed by atoms with van der Waals surface area (Å²) in [5, 5.41) is 15.1. The lowest BCUT2D eigenvalue weighted by atomic mass is 9.92. The number of carbonyl (C=O) groups excluding carboxylic acids is 2. The van der Waals surface area contributed by atoms with E-state index in [1.807, 2.05) is 6.07 Å². The smallest absolute Gasteiger partial charge is 0.324 e. The highest BCUT2D eigenvalue weighted by molar-refractivity contribution is 5.99. The average Bonchev–Trinajstić information content (AvgIpc) is 3.18. The standard InChI is InChI=1S/C22H25N5O3/c1-22(2,3)18-13-19(27-26-18)25-21(29)24-15-8-10-16(11-9-15)30-17-7-5-6-14(12-17)20(28)23-4/h5-13H,1-4H3,(H,23,28)(H3,24,25,26,27,29). The fraction of sp³-hybridized carbons (Fsp3) is 0.227. The molecular weight excluding hydrogens is 382 g/mol. The largest absolute Gasteiger partial charge is 0.457 e. The summed E-state index contributed by atoms with van der Waals surface area (Å²) in [4.78, 5) is 23.9. The Kier molecular flexibility index (Phi) is 6.06. The third-order valence-corrected chi connectivity index (χ3v) is 4.30. The van der Waals surface area contributed by atoms with Crippen LogP contribution in [-0.2, 0) is 5.41 Å². The van der Waals surface area contributed by atoms with Crippen LogP contribution in [0.5, 0.6) is 11.5 Å². The molecule has 3 rings (SSSR count). The Morgan fingerprint density at radius 2 is 1.70 bits per heavy atom. The third kappa shape index (κ3) is 5.38. The van der Waals surface area contributed by atoms with Crippen molar-refractivity contribution in [1.29, 1.82) is 0 Å². The molecule has 3 aromatic rings. The highest BCUT2D eigenvalue weighted by atomic mass is 16.5. The summed E-state index contributed by atoms with van der Waals surface area (Å²) in [6.45, 7) is 6.17. The Balaban J connectivity index is 1.58. The van der Waals surface area contributed by atoms with Crippen LogP contribution in [-0.4, -0.2) is 29.2 Å². The van der Waals surface area contributed by atoms with Crippen LogP contribution in [0.15, 0.2) is 54.6 Å². The van der Waals surface area contributed by atoms with Crippen molar-refractivity contribution in [1.82, 2.24) is 15.5 Å². The normalized spacial score (nSPS) is 10.9. The van der Waals surface area contributed by atoms with Gasteiger partial charge in [0.25, 0.3) is 5.91 Å². The van der Waals surface area contributed by atoms with Crippen molar-refractivity contribution in [3.8, 4) is 11.5 Å². The fourth-order valence-corrected chi connectivity index (χ4v) is 2.64. The number of benzene rings is 2. The molecule has 0 atom stereocenters. The van der Waals surface area contributed by atoms with Crippen molar-refractivity contribution >= 4 is 23.4 Å². The quantitative estimate of drug-likeness (QED) is 0.499. The maximum atomic E-state index is 12.2. The van der Waals surface area contributed by atoms with Crippen LogP contribution >= 0.6 is 0 Å². The first-order valence-corrected chi connectivity index (χ1v) is 9.48. The van der Waals surface area contributed by atoms with Gasteiger partial charge in [-0.05, 0) is 42.5 Å². The summed E-state index contributed by atoms with van der Waals surface area (Å²) in [6, 6.07) is 15.2. The molecule has 0 unspecified atom stereocenters. The molecule has 0 spiro atoms. The Morgan fingerprint density at radius 3 is 2.33 bits per heavy atom. The van der Waals surface area contributed by atoms with E-state index in [1.165, 1.54) is 0 Å². The summed E-state index contributed by atoms with van der Waals surface area (Å²) >= 11 is 0. The number of carbonyl (C=O) groups is 2. The molecule has 2 aromatic carbocycles. The van der Waals surface area contributed by atoms with Crippen molar-refractivity contribution in [2.45, 2.75) is 26.2 Å². The van der Waals surface area contributed by atoms with Crippen LogP contribution in [0.25, 0.3) is 0 Å². The van der Waals surface area contributed by atoms with Crippen molar-refractivity contribution in [3.05, 3.63) is 65.9 Å². The monoisotopic (exact) mass is 407 g/mol. The van der Waals surface area contributed by atoms with Gasteiger partial charge in [0.1, 0.15) is 11.5 Å². The van der Waals surface area contributed by atoms with Gasteiger partial charge in [-0.3, -0.25) is 15.2 Å². The van der Waals surface area contributed by atoms with E-state index in [-0.39, 0.29) is 11.3 Å². The van der Waals surface area contributed by atoms with E-state index < -0.39 is 6.03 Å². The van der Waals surface area contributed by atoms with Gasteiger partial charge in [0.15, 0.2) is 5.82 Å². The molecule has 0 aliphatic carbocycles. The van der Waals surface area contributed by atoms with Crippen LogP contribution < -0.4 is 20.7 Å². The topological polar surface area (TPSA) is 108 Å². The molecular formula is C22H25N5O3. The van der Waals surface area contributed by atoms with Crippen molar-refractivity contribution in [3.63, 3.8) is 0 Å². The molecule has 3 amide bonds. The number of nitrogens with zero attached hydrogens (tertiary/aromatic N) is 1. The van der Waals surface area contributed by atoms with Crippen molar-refractivity contribution < 1.29 is 14.3 Å². The van der Waals surface area contributed by atoms with Gasteiger partial charge in [-0.15, -0.1) is 0 Å². The van der Waals surface area contributed by atoms with Gasteiger partial charge in [0.2, 0.25) is 0 Å². The molecule has 0 fully saturated rings. The molecule has 30 heavy (non-hydrogen) atoms. The number of aromatic nitrogens is 2. The lowest BCUT2D eigenvalue weighted by Crippen LogP contribution is -2.19. The second-order valence-electron chi connectivity index (χ2n) is 7.73. The number of aromatic amines is 1. The number of amides is 3. The highest BCUT2D eigenvalue weighted by Gasteiger charge is 2.17. The predicted octanol–water partition coefficient (Wildman–Crippen LogP) is 4.50. The van der Waals surface area contributed by atoms with Crippen LogP contribution in [0, 0.1) is 0 Å². The van der Waals surface area contributed by atoms with E-state index in [1.54, 1.807) is 55.6 Å². The molecule has 0 aliphatic rings. The number of hydrogen-bond acceptors (Lipinski definition) is 4. The van der Waals surface area contributed by atoms with Gasteiger partial charge in [0, 0.05) is 35.5 Å². The summed E-state index contributed by atoms with van der Waals surface area (Å²) in [5.74, 6) is 1.39. The SMILES string of the molecule is CNC(=O)c1cccc(Oc2ccc(NC(=O)Nc3cc(C(C)(C)C)[nH]n3)cc2)c1. The highest BCUT2D eigenvalue weighted by Crippen LogP contribution is 2.24. The average molecular weight is 407 g/mol. The van der Waals surface area contributed by atoms with Crippen LogP contribution in [0.1, 0.15) is 36.8 Å². The second kappa shape index (κ2) is 8.69. The van der Waals surface area contributed by atoms with Crippen LogP contribution in [0.3, 0.4) is 0 Å². The minimum Gasteiger partial charge on any atom is -0.457 e. The number of ether oxygens (including phenoxy) is 1. The van der Waals surface area contributed by atoms with Gasteiger partial charge >= 0.3 is 6.03 Å². The molecule has 0 radical (unpaired) electrons. The first-order chi connectivity index (χ1) is 14.2. The molecule has 4 N–H and O–H groups in total. The zero-order valence-corrected chi connectivity index (χ0v) is 17.4. The third-order valence-electron chi connectivity index (χ3n) is 4.30. The number of anilines is 2. The van der Waals surface area contributed by atoms with E-state index in [0.717, 1.165) is 5.69 Å². The predicted molar refractivity (Wildman–Crippen MR) is 116 cm³/mol. The Bertz CT molecular complexity index is 1040. The number of hydrogen-bond donors (Lipinski definition) is 4. The molecule has 0 bridgehead atoms. The van der Waals surface area contributed by atoms with Gasteiger partial charge in [-0.1, -0.05) is 26.8 Å². The molecule has 1 heterocycles. The number of rotatable bonds is 5. The second-order valence-corrected chi connectivity index (χ2v) is 7.73. The fourth-order valence-electron chi connectivity index (χ4n) is 2.64. The summed E-state index contributed by atoms with van der Waals surface area (Å²) in [5.41, 5.74) is 1.96. The van der Waals surface area contributed by atoms with E-state index >= 15 is 0 Å². The molecule has 8 heteroatoms. The van der Waals surface area contributed by atoms with E-state index in [0.29, 0.717) is 28.6 Å². The molecule has 0 saturated heterocycles. The minimum atomic E-state index is -0.395. The van der Waals surface area contributed by atoms with Crippen molar-refractivity contribution in [2.24, 2.45) is 0 Å². The lowest BCUT2D eigenvalue weighted by Gasteiger charge is -2.14. The van der Waals surface area contributed by atoms with E-state index in [4.69, 9.17) is 4.74 Å². The molecule has 0 saturated carbocycles. The summed E-state index contributed by atoms with van der Waals surface area (Å²) < 4.78 is 5.78. The number of H-pyrrole nitrogens is 1. The number of urea groups is 1. The Hall–Kier alpha value is -3.81. The first kappa shape index (κ1) is 20.9. The van der Waals surface area contributed by atoms with Gasteiger partial charge < -0.3 is 15.4 Å². The zero-order valence-electron chi connectivity index (χ0n) is 17.4. The maximum Gasteiger partial charge on any atom is 0.324 e. The van der Waals surface area contributed by atoms with Gasteiger partial charge in [-0.2, -0.15) is 5.10 Å². The Labute approximate surface area is 175 Å². The minimum absolute atomic E-state index is 0.0842. The zero-order chi connectivity index (χ0) is 21.7. The van der Waals surface area contributed by atoms with Crippen molar-refractivity contribution in [2.75, 3.05) is 17.7 Å². The maximum absolute atomic E-state index is 12.2. The van der Waals surface area contributed by atoms with E-state index in [9.17, 15) is 9.59 Å². The molecule has 156 valence electrons. The molecule has 8 nitrogen and oxygen atoms in total.